The minimum absolute atomic E-state index is 0.101. The molecule has 0 aliphatic heterocycles. The number of carbonyl (C=O) groups excluding carboxylic acids is 1. The molecule has 0 unspecified atom stereocenters. The van der Waals surface area contributed by atoms with Crippen LogP contribution in [0.25, 0.3) is 27.6 Å². The Labute approximate surface area is 215 Å². The van der Waals surface area contributed by atoms with Crippen LogP contribution in [0.5, 0.6) is 5.75 Å². The first-order chi connectivity index (χ1) is 17.9. The zero-order chi connectivity index (χ0) is 26.1. The molecule has 7 heteroatoms. The number of para-hydroxylation sites is 2. The van der Waals surface area contributed by atoms with Crippen LogP contribution in [0.4, 0.5) is 0 Å². The summed E-state index contributed by atoms with van der Waals surface area (Å²) in [7, 11) is 0. The summed E-state index contributed by atoms with van der Waals surface area (Å²) in [6, 6.07) is 21.7. The predicted molar refractivity (Wildman–Crippen MR) is 145 cm³/mol. The molecule has 0 fully saturated rings. The fourth-order valence-electron chi connectivity index (χ4n) is 4.86. The average molecular weight is 498 g/mol. The van der Waals surface area contributed by atoms with E-state index in [9.17, 15) is 9.90 Å². The number of imidazole rings is 1. The lowest BCUT2D eigenvalue weighted by atomic mass is 10.1. The summed E-state index contributed by atoms with van der Waals surface area (Å²) in [5.74, 6) is 1.05. The van der Waals surface area contributed by atoms with Crippen molar-refractivity contribution >= 4 is 27.9 Å². The number of hydrogen-bond donors (Lipinski definition) is 1. The molecule has 190 valence electrons. The third-order valence-corrected chi connectivity index (χ3v) is 6.63. The standard InChI is InChI=1S/C30H31N3O4/c1-5-36-30(35)29-20(3)33(22-12-10-19(2)11-13-22)27-15-14-24(16-25(27)29)37-18-23(34)17-32-21(4)31-26-8-6-7-9-28(26)32/h6-16,23,34H,5,17-18H2,1-4H3/t23-/m1/s1. The van der Waals surface area contributed by atoms with Crippen molar-refractivity contribution in [3.8, 4) is 11.4 Å². The maximum Gasteiger partial charge on any atom is 0.340 e. The fourth-order valence-corrected chi connectivity index (χ4v) is 4.86. The summed E-state index contributed by atoms with van der Waals surface area (Å²) >= 11 is 0. The van der Waals surface area contributed by atoms with Gasteiger partial charge in [0.1, 0.15) is 24.3 Å². The number of nitrogens with zero attached hydrogens (tertiary/aromatic N) is 3. The second-order valence-corrected chi connectivity index (χ2v) is 9.25. The van der Waals surface area contributed by atoms with E-state index in [-0.39, 0.29) is 12.6 Å². The number of rotatable bonds is 8. The normalized spacial score (nSPS) is 12.2. The zero-order valence-corrected chi connectivity index (χ0v) is 21.6. The number of carbonyl (C=O) groups is 1. The van der Waals surface area contributed by atoms with Gasteiger partial charge in [0, 0.05) is 16.8 Å². The summed E-state index contributed by atoms with van der Waals surface area (Å²) in [6.45, 7) is 8.46. The molecule has 2 aromatic heterocycles. The SMILES string of the molecule is CCOC(=O)c1c(C)n(-c2ccc(C)cc2)c2ccc(OC[C@H](O)Cn3c(C)nc4ccccc43)cc12. The van der Waals surface area contributed by atoms with Crippen molar-refractivity contribution in [1.82, 2.24) is 14.1 Å². The first-order valence-electron chi connectivity index (χ1n) is 12.5. The molecule has 3 aromatic carbocycles. The van der Waals surface area contributed by atoms with Crippen molar-refractivity contribution in [1.29, 1.82) is 0 Å². The van der Waals surface area contributed by atoms with E-state index >= 15 is 0 Å². The van der Waals surface area contributed by atoms with Crippen LogP contribution in [0.1, 0.15) is 34.4 Å². The van der Waals surface area contributed by atoms with Crippen LogP contribution in [-0.2, 0) is 11.3 Å². The Morgan fingerprint density at radius 1 is 1.00 bits per heavy atom. The minimum atomic E-state index is -0.740. The number of ether oxygens (including phenoxy) is 2. The summed E-state index contributed by atoms with van der Waals surface area (Å²) in [5, 5.41) is 11.5. The van der Waals surface area contributed by atoms with E-state index in [0.29, 0.717) is 24.5 Å². The van der Waals surface area contributed by atoms with Gasteiger partial charge in [0.05, 0.1) is 35.3 Å². The van der Waals surface area contributed by atoms with Gasteiger partial charge in [0.2, 0.25) is 0 Å². The molecule has 0 spiro atoms. The Hall–Kier alpha value is -4.10. The van der Waals surface area contributed by atoms with Gasteiger partial charge in [0.25, 0.3) is 0 Å². The quantitative estimate of drug-likeness (QED) is 0.286. The molecule has 37 heavy (non-hydrogen) atoms. The average Bonchev–Trinajstić information content (AvgIpc) is 3.35. The molecule has 7 nitrogen and oxygen atoms in total. The molecular weight excluding hydrogens is 466 g/mol. The number of esters is 1. The number of aliphatic hydroxyl groups excluding tert-OH is 1. The largest absolute Gasteiger partial charge is 0.491 e. The fraction of sp³-hybridized carbons (Fsp3) is 0.267. The zero-order valence-electron chi connectivity index (χ0n) is 21.6. The Morgan fingerprint density at radius 3 is 2.51 bits per heavy atom. The summed E-state index contributed by atoms with van der Waals surface area (Å²) in [5.41, 5.74) is 6.22. The van der Waals surface area contributed by atoms with Crippen molar-refractivity contribution in [2.24, 2.45) is 0 Å². The van der Waals surface area contributed by atoms with Crippen molar-refractivity contribution < 1.29 is 19.4 Å². The molecule has 1 atom stereocenters. The van der Waals surface area contributed by atoms with Gasteiger partial charge in [0.15, 0.2) is 0 Å². The number of aliphatic hydroxyl groups is 1. The van der Waals surface area contributed by atoms with Crippen molar-refractivity contribution in [3.63, 3.8) is 0 Å². The highest BCUT2D eigenvalue weighted by molar-refractivity contribution is 6.07. The predicted octanol–water partition coefficient (Wildman–Crippen LogP) is 5.52. The van der Waals surface area contributed by atoms with Gasteiger partial charge in [-0.2, -0.15) is 0 Å². The number of aryl methyl sites for hydroxylation is 2. The van der Waals surface area contributed by atoms with E-state index in [1.165, 1.54) is 0 Å². The van der Waals surface area contributed by atoms with Gasteiger partial charge >= 0.3 is 5.97 Å². The summed E-state index contributed by atoms with van der Waals surface area (Å²) in [6.07, 6.45) is -0.740. The smallest absolute Gasteiger partial charge is 0.340 e. The highest BCUT2D eigenvalue weighted by Crippen LogP contribution is 2.33. The van der Waals surface area contributed by atoms with Crippen molar-refractivity contribution in [3.05, 3.63) is 89.4 Å². The molecule has 0 radical (unpaired) electrons. The Morgan fingerprint density at radius 2 is 1.76 bits per heavy atom. The van der Waals surface area contributed by atoms with Gasteiger partial charge in [-0.05, 0) is 70.2 Å². The van der Waals surface area contributed by atoms with Crippen LogP contribution in [0.3, 0.4) is 0 Å². The first kappa shape index (κ1) is 24.6. The summed E-state index contributed by atoms with van der Waals surface area (Å²) in [4.78, 5) is 17.5. The Balaban J connectivity index is 1.43. The lowest BCUT2D eigenvalue weighted by Crippen LogP contribution is -2.24. The molecule has 0 saturated carbocycles. The first-order valence-corrected chi connectivity index (χ1v) is 12.5. The van der Waals surface area contributed by atoms with Gasteiger partial charge in [-0.1, -0.05) is 29.8 Å². The number of aromatic nitrogens is 3. The van der Waals surface area contributed by atoms with Gasteiger partial charge in [-0.15, -0.1) is 0 Å². The van der Waals surface area contributed by atoms with Crippen LogP contribution in [0, 0.1) is 20.8 Å². The van der Waals surface area contributed by atoms with E-state index in [4.69, 9.17) is 9.47 Å². The van der Waals surface area contributed by atoms with E-state index < -0.39 is 6.10 Å². The minimum Gasteiger partial charge on any atom is -0.491 e. The molecule has 0 aliphatic carbocycles. The number of fused-ring (bicyclic) bond motifs is 2. The molecule has 1 N–H and O–H groups in total. The van der Waals surface area contributed by atoms with E-state index in [1.807, 2.05) is 79.9 Å². The lowest BCUT2D eigenvalue weighted by Gasteiger charge is -2.15. The van der Waals surface area contributed by atoms with Gasteiger partial charge < -0.3 is 23.7 Å². The molecule has 0 amide bonds. The molecule has 5 aromatic rings. The van der Waals surface area contributed by atoms with E-state index in [2.05, 4.69) is 21.7 Å². The van der Waals surface area contributed by atoms with E-state index in [1.54, 1.807) is 6.92 Å². The van der Waals surface area contributed by atoms with Crippen molar-refractivity contribution in [2.75, 3.05) is 13.2 Å². The van der Waals surface area contributed by atoms with Gasteiger partial charge in [-0.25, -0.2) is 9.78 Å². The third-order valence-electron chi connectivity index (χ3n) is 6.63. The van der Waals surface area contributed by atoms with Crippen LogP contribution in [0.15, 0.2) is 66.7 Å². The Kier molecular flexibility index (Phi) is 6.72. The number of hydrogen-bond acceptors (Lipinski definition) is 5. The van der Waals surface area contributed by atoms with E-state index in [0.717, 1.165) is 44.7 Å². The van der Waals surface area contributed by atoms with Gasteiger partial charge in [-0.3, -0.25) is 0 Å². The monoisotopic (exact) mass is 497 g/mol. The van der Waals surface area contributed by atoms with Crippen molar-refractivity contribution in [2.45, 2.75) is 40.3 Å². The van der Waals surface area contributed by atoms with Crippen LogP contribution in [-0.4, -0.2) is 44.5 Å². The second kappa shape index (κ2) is 10.1. The molecule has 0 saturated heterocycles. The molecule has 5 rings (SSSR count). The maximum absolute atomic E-state index is 12.9. The maximum atomic E-state index is 12.9. The highest BCUT2D eigenvalue weighted by atomic mass is 16.5. The highest BCUT2D eigenvalue weighted by Gasteiger charge is 2.23. The van der Waals surface area contributed by atoms with Crippen LogP contribution < -0.4 is 4.74 Å². The Bertz CT molecular complexity index is 1580. The molecule has 0 bridgehead atoms. The molecular formula is C30H31N3O4. The third kappa shape index (κ3) is 4.70. The summed E-state index contributed by atoms with van der Waals surface area (Å²) < 4.78 is 15.4. The van der Waals surface area contributed by atoms with Crippen LogP contribution >= 0.6 is 0 Å². The molecule has 2 heterocycles. The van der Waals surface area contributed by atoms with Crippen LogP contribution in [0.2, 0.25) is 0 Å². The number of benzene rings is 3. The lowest BCUT2D eigenvalue weighted by molar-refractivity contribution is 0.0527. The molecule has 0 aliphatic rings. The second-order valence-electron chi connectivity index (χ2n) is 9.25. The topological polar surface area (TPSA) is 78.5 Å².